The van der Waals surface area contributed by atoms with Crippen LogP contribution in [0.25, 0.3) is 0 Å². The maximum absolute atomic E-state index is 4.72. The van der Waals surface area contributed by atoms with Gasteiger partial charge in [-0.1, -0.05) is 47.9 Å². The lowest BCUT2D eigenvalue weighted by Gasteiger charge is -2.16. The molecule has 0 fully saturated rings. The number of allylic oxidation sites excluding steroid dienone is 7. The first-order valence-corrected chi connectivity index (χ1v) is 9.34. The Labute approximate surface area is 140 Å². The Hall–Kier alpha value is -1.59. The first-order chi connectivity index (χ1) is 10.7. The van der Waals surface area contributed by atoms with Crippen molar-refractivity contribution in [3.63, 3.8) is 0 Å². The van der Waals surface area contributed by atoms with Crippen LogP contribution in [0.5, 0.6) is 0 Å². The summed E-state index contributed by atoms with van der Waals surface area (Å²) in [5.41, 5.74) is 5.71. The fourth-order valence-corrected chi connectivity index (χ4v) is 3.75. The van der Waals surface area contributed by atoms with Crippen LogP contribution in [0.1, 0.15) is 13.3 Å². The Kier molecular flexibility index (Phi) is 4.95. The predicted octanol–water partition coefficient (Wildman–Crippen LogP) is 4.88. The maximum atomic E-state index is 4.72. The molecule has 2 aliphatic heterocycles. The molecule has 0 aromatic carbocycles. The van der Waals surface area contributed by atoms with Crippen molar-refractivity contribution < 1.29 is 0 Å². The number of fused-ring (bicyclic) bond motifs is 2. The Morgan fingerprint density at radius 3 is 3.00 bits per heavy atom. The lowest BCUT2D eigenvalue weighted by molar-refractivity contribution is 0.832. The van der Waals surface area contributed by atoms with Crippen LogP contribution < -0.4 is 0 Å². The van der Waals surface area contributed by atoms with E-state index in [1.807, 2.05) is 19.1 Å². The second-order valence-corrected chi connectivity index (χ2v) is 7.13. The molecule has 0 amide bonds. The normalized spacial score (nSPS) is 30.1. The van der Waals surface area contributed by atoms with Crippen LogP contribution in [-0.2, 0) is 0 Å². The molecule has 2 bridgehead atoms. The number of aliphatic imine (C=N–C) groups is 1. The number of nitrogens with zero attached hydrogens (tertiary/aromatic N) is 1. The second-order valence-electron chi connectivity index (χ2n) is 5.16. The molecule has 0 saturated carbocycles. The van der Waals surface area contributed by atoms with Crippen molar-refractivity contribution in [1.82, 2.24) is 0 Å². The molecule has 2 atom stereocenters. The average molecular weight is 323 g/mol. The van der Waals surface area contributed by atoms with Crippen LogP contribution in [0.2, 0.25) is 0 Å². The minimum Gasteiger partial charge on any atom is -0.262 e. The molecule has 3 aliphatic rings. The van der Waals surface area contributed by atoms with Gasteiger partial charge in [0.1, 0.15) is 0 Å². The molecule has 3 heteroatoms. The van der Waals surface area contributed by atoms with E-state index in [2.05, 4.69) is 54.2 Å². The zero-order valence-electron chi connectivity index (χ0n) is 12.7. The Balaban J connectivity index is 2.04. The van der Waals surface area contributed by atoms with Crippen molar-refractivity contribution in [3.8, 4) is 11.8 Å². The summed E-state index contributed by atoms with van der Waals surface area (Å²) in [6.07, 6.45) is 17.8. The lowest BCUT2D eigenvalue weighted by atomic mass is 9.98. The summed E-state index contributed by atoms with van der Waals surface area (Å²) in [5.74, 6) is 6.94. The van der Waals surface area contributed by atoms with Crippen LogP contribution in [0.15, 0.2) is 68.6 Å². The van der Waals surface area contributed by atoms with Gasteiger partial charge in [0.15, 0.2) is 5.37 Å². The summed E-state index contributed by atoms with van der Waals surface area (Å²) >= 11 is 3.44. The highest BCUT2D eigenvalue weighted by molar-refractivity contribution is 8.04. The van der Waals surface area contributed by atoms with Gasteiger partial charge in [-0.05, 0) is 43.4 Å². The van der Waals surface area contributed by atoms with Crippen LogP contribution in [-0.4, -0.2) is 17.3 Å². The zero-order chi connectivity index (χ0) is 15.4. The molecule has 0 radical (unpaired) electrons. The minimum absolute atomic E-state index is 0.0498. The third kappa shape index (κ3) is 3.78. The third-order valence-electron chi connectivity index (χ3n) is 3.50. The summed E-state index contributed by atoms with van der Waals surface area (Å²) in [5, 5.41) is -0.0498. The smallest absolute Gasteiger partial charge is 0.160 e. The van der Waals surface area contributed by atoms with Crippen molar-refractivity contribution in [3.05, 3.63) is 63.6 Å². The van der Waals surface area contributed by atoms with Crippen molar-refractivity contribution in [1.29, 1.82) is 0 Å². The molecule has 0 spiro atoms. The highest BCUT2D eigenvalue weighted by atomic mass is 32.2. The molecule has 0 N–H and O–H groups in total. The zero-order valence-corrected chi connectivity index (χ0v) is 14.3. The van der Waals surface area contributed by atoms with Crippen molar-refractivity contribution in [2.45, 2.75) is 18.7 Å². The number of hydrogen-bond donors (Lipinski definition) is 0. The topological polar surface area (TPSA) is 12.4 Å². The van der Waals surface area contributed by atoms with Gasteiger partial charge in [-0.2, -0.15) is 0 Å². The standard InChI is InChI=1S/C19H17NS2/c1-14-5-3-4-6-15-7-12-19(20-14)22-18-11-10-17(21-2)9-8-16(18)13-15/h3-6,8-9,11,15,19H,13H2,1-2H3/b5-3?,6-4-,20-14-/t15?,19-/m1/s1. The number of hydrogen-bond acceptors (Lipinski definition) is 3. The van der Waals surface area contributed by atoms with Crippen molar-refractivity contribution in [2.24, 2.45) is 10.9 Å². The molecule has 0 saturated heterocycles. The van der Waals surface area contributed by atoms with E-state index in [-0.39, 0.29) is 11.3 Å². The molecule has 3 rings (SSSR count). The van der Waals surface area contributed by atoms with Gasteiger partial charge < -0.3 is 0 Å². The fraction of sp³-hybridized carbons (Fsp3) is 0.263. The van der Waals surface area contributed by atoms with Crippen LogP contribution >= 0.6 is 23.5 Å². The van der Waals surface area contributed by atoms with E-state index in [4.69, 9.17) is 4.99 Å². The van der Waals surface area contributed by atoms with Crippen LogP contribution in [0.3, 0.4) is 0 Å². The Morgan fingerprint density at radius 2 is 2.14 bits per heavy atom. The Bertz CT molecular complexity index is 744. The fourth-order valence-electron chi connectivity index (χ4n) is 2.35. The van der Waals surface area contributed by atoms with Gasteiger partial charge in [0, 0.05) is 21.4 Å². The van der Waals surface area contributed by atoms with E-state index < -0.39 is 0 Å². The molecule has 1 unspecified atom stereocenters. The third-order valence-corrected chi connectivity index (χ3v) is 5.28. The number of thioether (sulfide) groups is 2. The molecular weight excluding hydrogens is 306 g/mol. The van der Waals surface area contributed by atoms with Crippen molar-refractivity contribution in [2.75, 3.05) is 6.26 Å². The molecule has 2 heterocycles. The molecule has 22 heavy (non-hydrogen) atoms. The van der Waals surface area contributed by atoms with Gasteiger partial charge in [-0.25, -0.2) is 0 Å². The maximum Gasteiger partial charge on any atom is 0.160 e. The quantitative estimate of drug-likeness (QED) is 0.503. The van der Waals surface area contributed by atoms with Gasteiger partial charge in [0.2, 0.25) is 0 Å². The summed E-state index contributed by atoms with van der Waals surface area (Å²) < 4.78 is 0. The predicted molar refractivity (Wildman–Crippen MR) is 99.9 cm³/mol. The van der Waals surface area contributed by atoms with Gasteiger partial charge in [0.05, 0.1) is 0 Å². The summed E-state index contributed by atoms with van der Waals surface area (Å²) in [7, 11) is 0. The first kappa shape index (κ1) is 15.3. The number of rotatable bonds is 1. The molecule has 1 nitrogen and oxygen atoms in total. The molecule has 1 aliphatic carbocycles. The minimum atomic E-state index is -0.0498. The lowest BCUT2D eigenvalue weighted by Crippen LogP contribution is -2.06. The van der Waals surface area contributed by atoms with Crippen molar-refractivity contribution >= 4 is 29.2 Å². The molecule has 110 valence electrons. The van der Waals surface area contributed by atoms with Gasteiger partial charge in [-0.3, -0.25) is 4.99 Å². The summed E-state index contributed by atoms with van der Waals surface area (Å²) in [6.45, 7) is 2.02. The van der Waals surface area contributed by atoms with Gasteiger partial charge in [-0.15, -0.1) is 17.5 Å². The Morgan fingerprint density at radius 1 is 1.23 bits per heavy atom. The van der Waals surface area contributed by atoms with E-state index in [1.54, 1.807) is 23.5 Å². The van der Waals surface area contributed by atoms with E-state index in [9.17, 15) is 0 Å². The summed E-state index contributed by atoms with van der Waals surface area (Å²) in [4.78, 5) is 7.11. The van der Waals surface area contributed by atoms with Gasteiger partial charge >= 0.3 is 0 Å². The van der Waals surface area contributed by atoms with E-state index in [0.717, 1.165) is 17.0 Å². The summed E-state index contributed by atoms with van der Waals surface area (Å²) in [6, 6.07) is 0. The largest absolute Gasteiger partial charge is 0.262 e. The molecule has 0 aromatic rings. The van der Waals surface area contributed by atoms with E-state index in [0.29, 0.717) is 0 Å². The SMILES string of the molecule is CSC1=C=CC2=C(C=C1)CC1C#C[C@H](/N=C(/C)C=C/C=C\1)S2. The second kappa shape index (κ2) is 7.11. The van der Waals surface area contributed by atoms with Gasteiger partial charge in [0.25, 0.3) is 0 Å². The molecular formula is C19H17NS2. The van der Waals surface area contributed by atoms with E-state index >= 15 is 0 Å². The molecule has 0 aromatic heterocycles. The highest BCUT2D eigenvalue weighted by Crippen LogP contribution is 2.34. The first-order valence-electron chi connectivity index (χ1n) is 7.23. The van der Waals surface area contributed by atoms with E-state index in [1.165, 1.54) is 10.5 Å². The average Bonchev–Trinajstić information content (AvgIpc) is 2.68. The highest BCUT2D eigenvalue weighted by Gasteiger charge is 2.17. The van der Waals surface area contributed by atoms with Crippen LogP contribution in [0.4, 0.5) is 0 Å². The monoisotopic (exact) mass is 323 g/mol. The van der Waals surface area contributed by atoms with Crippen LogP contribution in [0, 0.1) is 17.8 Å².